The number of phenolic OH excluding ortho intramolecular Hbond substituents is 1. The average Bonchev–Trinajstić information content (AvgIpc) is 2.50. The van der Waals surface area contributed by atoms with Crippen LogP contribution in [0.25, 0.3) is 10.9 Å². The van der Waals surface area contributed by atoms with Crippen molar-refractivity contribution >= 4 is 40.9 Å². The Morgan fingerprint density at radius 3 is 2.86 bits per heavy atom. The van der Waals surface area contributed by atoms with Gasteiger partial charge >= 0.3 is 0 Å². The third-order valence-corrected chi connectivity index (χ3v) is 3.60. The van der Waals surface area contributed by atoms with Crippen molar-refractivity contribution in [2.75, 3.05) is 0 Å². The van der Waals surface area contributed by atoms with Gasteiger partial charge in [-0.1, -0.05) is 23.7 Å². The van der Waals surface area contributed by atoms with E-state index in [1.165, 1.54) is 12.3 Å². The van der Waals surface area contributed by atoms with Gasteiger partial charge in [0.05, 0.1) is 17.1 Å². The number of rotatable bonds is 2. The standard InChI is InChI=1S/C15H10ClN3O2S/c16-10-5-6-13(20)9(7-10)8-17-19-14(21)11-3-1-2-4-12(11)18-15(19)22/h1-8,20H,(H,18,22)/b17-8+. The van der Waals surface area contributed by atoms with E-state index in [0.717, 1.165) is 4.68 Å². The maximum Gasteiger partial charge on any atom is 0.282 e. The third-order valence-electron chi connectivity index (χ3n) is 3.09. The van der Waals surface area contributed by atoms with Crippen LogP contribution in [0.5, 0.6) is 5.75 Å². The molecule has 0 amide bonds. The van der Waals surface area contributed by atoms with Crippen LogP contribution >= 0.6 is 23.8 Å². The van der Waals surface area contributed by atoms with Crippen molar-refractivity contribution < 1.29 is 5.11 Å². The summed E-state index contributed by atoms with van der Waals surface area (Å²) in [5, 5.41) is 14.7. The molecular formula is C15H10ClN3O2S. The summed E-state index contributed by atoms with van der Waals surface area (Å²) in [5.41, 5.74) is 0.702. The second-order valence-corrected chi connectivity index (χ2v) is 5.36. The number of phenols is 1. The third kappa shape index (κ3) is 2.66. The second-order valence-electron chi connectivity index (χ2n) is 4.54. The summed E-state index contributed by atoms with van der Waals surface area (Å²) in [6.07, 6.45) is 1.33. The molecule has 0 atom stereocenters. The number of para-hydroxylation sites is 1. The minimum absolute atomic E-state index is 0.0110. The summed E-state index contributed by atoms with van der Waals surface area (Å²) in [7, 11) is 0. The Labute approximate surface area is 135 Å². The van der Waals surface area contributed by atoms with Gasteiger partial charge in [-0.25, -0.2) is 0 Å². The SMILES string of the molecule is O=c1c2ccccc2[nH]c(=S)n1/N=C/c1cc(Cl)ccc1O. The van der Waals surface area contributed by atoms with Gasteiger partial charge in [-0.05, 0) is 42.5 Å². The molecule has 5 nitrogen and oxygen atoms in total. The maximum absolute atomic E-state index is 12.4. The van der Waals surface area contributed by atoms with Gasteiger partial charge in [0.25, 0.3) is 5.56 Å². The first kappa shape index (κ1) is 14.5. The van der Waals surface area contributed by atoms with Gasteiger partial charge in [0.2, 0.25) is 4.77 Å². The minimum Gasteiger partial charge on any atom is -0.507 e. The van der Waals surface area contributed by atoms with Crippen LogP contribution in [0.2, 0.25) is 5.02 Å². The summed E-state index contributed by atoms with van der Waals surface area (Å²) in [5.74, 6) is 0.0110. The number of aromatic hydroxyl groups is 1. The lowest BCUT2D eigenvalue weighted by molar-refractivity contribution is 0.474. The topological polar surface area (TPSA) is 70.4 Å². The molecule has 3 aromatic rings. The van der Waals surface area contributed by atoms with E-state index >= 15 is 0 Å². The van der Waals surface area contributed by atoms with E-state index < -0.39 is 0 Å². The van der Waals surface area contributed by atoms with Crippen LogP contribution in [0, 0.1) is 4.77 Å². The van der Waals surface area contributed by atoms with Crippen LogP contribution in [0.3, 0.4) is 0 Å². The van der Waals surface area contributed by atoms with Crippen LogP contribution < -0.4 is 5.56 Å². The van der Waals surface area contributed by atoms with Crippen molar-refractivity contribution in [1.29, 1.82) is 0 Å². The van der Waals surface area contributed by atoms with Crippen LogP contribution in [0.4, 0.5) is 0 Å². The molecule has 0 saturated heterocycles. The molecule has 0 saturated carbocycles. The minimum atomic E-state index is -0.336. The number of hydrogen-bond acceptors (Lipinski definition) is 4. The zero-order valence-electron chi connectivity index (χ0n) is 11.2. The Bertz CT molecular complexity index is 1010. The van der Waals surface area contributed by atoms with Crippen molar-refractivity contribution in [3.8, 4) is 5.75 Å². The molecule has 2 aromatic carbocycles. The van der Waals surface area contributed by atoms with Gasteiger partial charge in [-0.3, -0.25) is 4.79 Å². The molecule has 110 valence electrons. The number of fused-ring (bicyclic) bond motifs is 1. The van der Waals surface area contributed by atoms with Crippen molar-refractivity contribution in [1.82, 2.24) is 9.66 Å². The molecule has 1 heterocycles. The lowest BCUT2D eigenvalue weighted by Gasteiger charge is -2.03. The second kappa shape index (κ2) is 5.75. The van der Waals surface area contributed by atoms with Gasteiger partial charge in [0, 0.05) is 10.6 Å². The molecule has 0 aliphatic carbocycles. The zero-order chi connectivity index (χ0) is 15.7. The zero-order valence-corrected chi connectivity index (χ0v) is 12.7. The molecule has 0 radical (unpaired) electrons. The molecule has 0 unspecified atom stereocenters. The number of nitrogens with one attached hydrogen (secondary N) is 1. The molecule has 1 aromatic heterocycles. The van der Waals surface area contributed by atoms with Gasteiger partial charge in [-0.15, -0.1) is 0 Å². The smallest absolute Gasteiger partial charge is 0.282 e. The summed E-state index contributed by atoms with van der Waals surface area (Å²) in [6.45, 7) is 0. The predicted molar refractivity (Wildman–Crippen MR) is 89.5 cm³/mol. The molecule has 0 bridgehead atoms. The van der Waals surface area contributed by atoms with E-state index in [2.05, 4.69) is 10.1 Å². The van der Waals surface area contributed by atoms with Crippen LogP contribution in [-0.2, 0) is 0 Å². The number of aromatic nitrogens is 2. The van der Waals surface area contributed by atoms with E-state index in [0.29, 0.717) is 21.5 Å². The van der Waals surface area contributed by atoms with Gasteiger partial charge in [0.1, 0.15) is 5.75 Å². The van der Waals surface area contributed by atoms with Crippen molar-refractivity contribution in [3.63, 3.8) is 0 Å². The van der Waals surface area contributed by atoms with Crippen molar-refractivity contribution in [2.45, 2.75) is 0 Å². The van der Waals surface area contributed by atoms with E-state index in [4.69, 9.17) is 23.8 Å². The summed E-state index contributed by atoms with van der Waals surface area (Å²) >= 11 is 11.0. The first-order valence-corrected chi connectivity index (χ1v) is 7.12. The molecule has 0 aliphatic heterocycles. The molecule has 0 aliphatic rings. The van der Waals surface area contributed by atoms with Gasteiger partial charge in [0.15, 0.2) is 0 Å². The monoisotopic (exact) mass is 331 g/mol. The Hall–Kier alpha value is -2.44. The molecule has 22 heavy (non-hydrogen) atoms. The molecule has 0 spiro atoms. The van der Waals surface area contributed by atoms with E-state index in [9.17, 15) is 9.90 Å². The molecule has 0 fully saturated rings. The number of benzene rings is 2. The first-order valence-electron chi connectivity index (χ1n) is 6.33. The van der Waals surface area contributed by atoms with E-state index in [1.807, 2.05) is 6.07 Å². The highest BCUT2D eigenvalue weighted by atomic mass is 35.5. The molecule has 3 rings (SSSR count). The fourth-order valence-corrected chi connectivity index (χ4v) is 2.43. The Morgan fingerprint density at radius 1 is 1.27 bits per heavy atom. The summed E-state index contributed by atoms with van der Waals surface area (Å²) < 4.78 is 1.24. The Morgan fingerprint density at radius 2 is 2.05 bits per heavy atom. The number of halogens is 1. The van der Waals surface area contributed by atoms with Crippen molar-refractivity contribution in [2.24, 2.45) is 5.10 Å². The number of H-pyrrole nitrogens is 1. The van der Waals surface area contributed by atoms with E-state index in [-0.39, 0.29) is 16.1 Å². The number of nitrogens with zero attached hydrogens (tertiary/aromatic N) is 2. The summed E-state index contributed by atoms with van der Waals surface area (Å²) in [6, 6.07) is 11.6. The number of hydrogen-bond donors (Lipinski definition) is 2. The van der Waals surface area contributed by atoms with Crippen LogP contribution in [-0.4, -0.2) is 21.0 Å². The number of aromatic amines is 1. The normalized spacial score (nSPS) is 11.3. The highest BCUT2D eigenvalue weighted by molar-refractivity contribution is 7.71. The summed E-state index contributed by atoms with van der Waals surface area (Å²) in [4.78, 5) is 15.3. The van der Waals surface area contributed by atoms with Gasteiger partial charge < -0.3 is 10.1 Å². The highest BCUT2D eigenvalue weighted by Gasteiger charge is 2.04. The maximum atomic E-state index is 12.4. The molecular weight excluding hydrogens is 322 g/mol. The van der Waals surface area contributed by atoms with E-state index in [1.54, 1.807) is 30.3 Å². The fourth-order valence-electron chi connectivity index (χ4n) is 2.01. The quantitative estimate of drug-likeness (QED) is 0.559. The average molecular weight is 332 g/mol. The van der Waals surface area contributed by atoms with Crippen LogP contribution in [0.1, 0.15) is 5.56 Å². The molecule has 7 heteroatoms. The lowest BCUT2D eigenvalue weighted by Crippen LogP contribution is -2.18. The van der Waals surface area contributed by atoms with Gasteiger partial charge in [-0.2, -0.15) is 9.78 Å². The first-order chi connectivity index (χ1) is 10.6. The molecule has 2 N–H and O–H groups in total. The van der Waals surface area contributed by atoms with Crippen molar-refractivity contribution in [3.05, 3.63) is 68.2 Å². The predicted octanol–water partition coefficient (Wildman–Crippen LogP) is 3.30. The fraction of sp³-hybridized carbons (Fsp3) is 0. The Kier molecular flexibility index (Phi) is 3.79. The Balaban J connectivity index is 2.15. The highest BCUT2D eigenvalue weighted by Crippen LogP contribution is 2.19. The lowest BCUT2D eigenvalue weighted by atomic mass is 10.2. The largest absolute Gasteiger partial charge is 0.507 e. The van der Waals surface area contributed by atoms with Crippen LogP contribution in [0.15, 0.2) is 52.4 Å².